The number of rotatable bonds is 1. The number of halogens is 1. The maximum absolute atomic E-state index is 13.6. The summed E-state index contributed by atoms with van der Waals surface area (Å²) in [5.74, 6) is -0.286. The zero-order chi connectivity index (χ0) is 11.0. The average Bonchev–Trinajstić information content (AvgIpc) is 2.77. The number of hydrogen-bond acceptors (Lipinski definition) is 2. The lowest BCUT2D eigenvalue weighted by molar-refractivity contribution is 0.629. The highest BCUT2D eigenvalue weighted by molar-refractivity contribution is 5.77. The fourth-order valence-electron chi connectivity index (χ4n) is 1.73. The third kappa shape index (κ3) is 1.27. The summed E-state index contributed by atoms with van der Waals surface area (Å²) in [6.07, 6.45) is 8.34. The van der Waals surface area contributed by atoms with Gasteiger partial charge in [-0.3, -0.25) is 4.98 Å². The molecule has 0 spiro atoms. The highest BCUT2D eigenvalue weighted by atomic mass is 19.1. The van der Waals surface area contributed by atoms with Crippen molar-refractivity contribution in [3.8, 4) is 11.1 Å². The molecule has 16 heavy (non-hydrogen) atoms. The molecule has 78 valence electrons. The lowest BCUT2D eigenvalue weighted by Gasteiger charge is -2.04. The zero-order valence-corrected chi connectivity index (χ0v) is 8.34. The van der Waals surface area contributed by atoms with Gasteiger partial charge in [0.05, 0.1) is 0 Å². The van der Waals surface area contributed by atoms with Gasteiger partial charge in [0.25, 0.3) is 0 Å². The van der Waals surface area contributed by atoms with Gasteiger partial charge < -0.3 is 4.40 Å². The van der Waals surface area contributed by atoms with E-state index in [0.717, 1.165) is 11.2 Å². The van der Waals surface area contributed by atoms with Crippen molar-refractivity contribution in [2.24, 2.45) is 0 Å². The molecule has 0 aliphatic heterocycles. The maximum Gasteiger partial charge on any atom is 0.144 e. The minimum Gasteiger partial charge on any atom is -0.307 e. The first-order valence-corrected chi connectivity index (χ1v) is 4.88. The lowest BCUT2D eigenvalue weighted by Crippen LogP contribution is -1.90. The smallest absolute Gasteiger partial charge is 0.144 e. The van der Waals surface area contributed by atoms with E-state index in [2.05, 4.69) is 9.97 Å². The summed E-state index contributed by atoms with van der Waals surface area (Å²) >= 11 is 0. The molecule has 0 N–H and O–H groups in total. The van der Waals surface area contributed by atoms with E-state index in [9.17, 15) is 4.39 Å². The molecule has 3 aromatic rings. The van der Waals surface area contributed by atoms with Crippen LogP contribution in [0.25, 0.3) is 16.8 Å². The average molecular weight is 213 g/mol. The summed E-state index contributed by atoms with van der Waals surface area (Å²) in [6, 6.07) is 5.04. The molecular formula is C12H8FN3. The molecule has 3 heterocycles. The Bertz CT molecular complexity index is 645. The van der Waals surface area contributed by atoms with Gasteiger partial charge in [0.1, 0.15) is 11.5 Å². The van der Waals surface area contributed by atoms with E-state index in [-0.39, 0.29) is 5.82 Å². The van der Waals surface area contributed by atoms with Gasteiger partial charge in [0, 0.05) is 42.1 Å². The Morgan fingerprint density at radius 2 is 2.00 bits per heavy atom. The van der Waals surface area contributed by atoms with Crippen LogP contribution in [0.4, 0.5) is 4.39 Å². The number of aromatic nitrogens is 3. The van der Waals surface area contributed by atoms with Crippen LogP contribution in [0.3, 0.4) is 0 Å². The third-order valence-electron chi connectivity index (χ3n) is 2.48. The molecule has 0 atom stereocenters. The summed E-state index contributed by atoms with van der Waals surface area (Å²) in [7, 11) is 0. The number of fused-ring (bicyclic) bond motifs is 1. The molecule has 0 aromatic carbocycles. The molecule has 3 nitrogen and oxygen atoms in total. The molecule has 0 saturated heterocycles. The lowest BCUT2D eigenvalue weighted by atomic mass is 10.1. The topological polar surface area (TPSA) is 30.2 Å². The van der Waals surface area contributed by atoms with Crippen LogP contribution in [0.1, 0.15) is 0 Å². The maximum atomic E-state index is 13.6. The summed E-state index contributed by atoms with van der Waals surface area (Å²) in [6.45, 7) is 0. The monoisotopic (exact) mass is 213 g/mol. The minimum atomic E-state index is -0.286. The summed E-state index contributed by atoms with van der Waals surface area (Å²) in [5.41, 5.74) is 1.95. The second kappa shape index (κ2) is 3.41. The first-order chi connectivity index (χ1) is 7.86. The van der Waals surface area contributed by atoms with Crippen LogP contribution in [0, 0.1) is 5.82 Å². The van der Waals surface area contributed by atoms with Gasteiger partial charge in [0.2, 0.25) is 0 Å². The van der Waals surface area contributed by atoms with Gasteiger partial charge in [-0.05, 0) is 18.2 Å². The van der Waals surface area contributed by atoms with Gasteiger partial charge >= 0.3 is 0 Å². The fraction of sp³-hybridized carbons (Fsp3) is 0. The molecule has 0 amide bonds. The predicted octanol–water partition coefficient (Wildman–Crippen LogP) is 2.54. The van der Waals surface area contributed by atoms with E-state index in [1.807, 2.05) is 28.9 Å². The van der Waals surface area contributed by atoms with Crippen molar-refractivity contribution in [3.05, 3.63) is 55.0 Å². The molecule has 0 fully saturated rings. The Morgan fingerprint density at radius 1 is 1.06 bits per heavy atom. The molecule has 0 saturated carbocycles. The molecule has 0 bridgehead atoms. The van der Waals surface area contributed by atoms with Gasteiger partial charge in [-0.1, -0.05) is 0 Å². The van der Waals surface area contributed by atoms with Crippen LogP contribution in [-0.2, 0) is 0 Å². The summed E-state index contributed by atoms with van der Waals surface area (Å²) in [4.78, 5) is 8.14. The van der Waals surface area contributed by atoms with Crippen molar-refractivity contribution < 1.29 is 4.39 Å². The Labute approximate surface area is 91.2 Å². The second-order valence-corrected chi connectivity index (χ2v) is 3.44. The first kappa shape index (κ1) is 9.03. The van der Waals surface area contributed by atoms with Gasteiger partial charge in [0.15, 0.2) is 0 Å². The van der Waals surface area contributed by atoms with E-state index in [0.29, 0.717) is 5.56 Å². The van der Waals surface area contributed by atoms with Crippen LogP contribution >= 0.6 is 0 Å². The quantitative estimate of drug-likeness (QED) is 0.621. The van der Waals surface area contributed by atoms with Crippen LogP contribution < -0.4 is 0 Å². The summed E-state index contributed by atoms with van der Waals surface area (Å²) < 4.78 is 15.5. The third-order valence-corrected chi connectivity index (χ3v) is 2.48. The number of imidazole rings is 1. The first-order valence-electron chi connectivity index (χ1n) is 4.88. The highest BCUT2D eigenvalue weighted by Gasteiger charge is 2.09. The molecule has 0 radical (unpaired) electrons. The largest absolute Gasteiger partial charge is 0.307 e. The molecule has 4 heteroatoms. The normalized spacial score (nSPS) is 10.8. The molecule has 3 rings (SSSR count). The zero-order valence-electron chi connectivity index (χ0n) is 8.34. The Kier molecular flexibility index (Phi) is 1.93. The second-order valence-electron chi connectivity index (χ2n) is 3.44. The van der Waals surface area contributed by atoms with E-state index < -0.39 is 0 Å². The van der Waals surface area contributed by atoms with E-state index in [4.69, 9.17) is 0 Å². The number of pyridine rings is 2. The van der Waals surface area contributed by atoms with Gasteiger partial charge in [-0.15, -0.1) is 0 Å². The minimum absolute atomic E-state index is 0.286. The van der Waals surface area contributed by atoms with Crippen molar-refractivity contribution in [2.45, 2.75) is 0 Å². The standard InChI is InChI=1S/C12H8FN3/c13-11-3-4-14-8-10(11)9-2-1-6-16-7-5-15-12(9)16/h1-8H. The van der Waals surface area contributed by atoms with Crippen LogP contribution in [0.5, 0.6) is 0 Å². The number of hydrogen-bond donors (Lipinski definition) is 0. The van der Waals surface area contributed by atoms with Crippen LogP contribution in [0.15, 0.2) is 49.2 Å². The van der Waals surface area contributed by atoms with Crippen LogP contribution in [-0.4, -0.2) is 14.4 Å². The predicted molar refractivity (Wildman–Crippen MR) is 58.4 cm³/mol. The molecule has 0 unspecified atom stereocenters. The molecule has 0 aliphatic rings. The fourth-order valence-corrected chi connectivity index (χ4v) is 1.73. The SMILES string of the molecule is Fc1ccncc1-c1cccn2ccnc12. The van der Waals surface area contributed by atoms with Crippen molar-refractivity contribution >= 4 is 5.65 Å². The van der Waals surface area contributed by atoms with Crippen LogP contribution in [0.2, 0.25) is 0 Å². The highest BCUT2D eigenvalue weighted by Crippen LogP contribution is 2.24. The Morgan fingerprint density at radius 3 is 2.88 bits per heavy atom. The Balaban J connectivity index is 2.34. The molecule has 3 aromatic heterocycles. The molecular weight excluding hydrogens is 205 g/mol. The van der Waals surface area contributed by atoms with E-state index in [1.165, 1.54) is 18.5 Å². The van der Waals surface area contributed by atoms with Crippen molar-refractivity contribution in [1.29, 1.82) is 0 Å². The molecule has 0 aliphatic carbocycles. The van der Waals surface area contributed by atoms with Gasteiger partial charge in [-0.2, -0.15) is 0 Å². The van der Waals surface area contributed by atoms with Gasteiger partial charge in [-0.25, -0.2) is 9.37 Å². The van der Waals surface area contributed by atoms with Crippen molar-refractivity contribution in [3.63, 3.8) is 0 Å². The Hall–Kier alpha value is -2.23. The summed E-state index contributed by atoms with van der Waals surface area (Å²) in [5, 5.41) is 0. The van der Waals surface area contributed by atoms with Crippen molar-refractivity contribution in [1.82, 2.24) is 14.4 Å². The van der Waals surface area contributed by atoms with E-state index >= 15 is 0 Å². The number of nitrogens with zero attached hydrogens (tertiary/aromatic N) is 3. The van der Waals surface area contributed by atoms with E-state index in [1.54, 1.807) is 6.20 Å². The van der Waals surface area contributed by atoms with Crippen molar-refractivity contribution in [2.75, 3.05) is 0 Å².